The van der Waals surface area contributed by atoms with Crippen LogP contribution < -0.4 is 9.47 Å². The Morgan fingerprint density at radius 1 is 0.875 bits per heavy atom. The lowest BCUT2D eigenvalue weighted by atomic mass is 10.0. The molecule has 0 radical (unpaired) electrons. The minimum atomic E-state index is -1.14. The molecule has 5 nitrogen and oxygen atoms in total. The summed E-state index contributed by atoms with van der Waals surface area (Å²) < 4.78 is 72.1. The summed E-state index contributed by atoms with van der Waals surface area (Å²) in [6, 6.07) is 3.97. The monoisotopic (exact) mass is 456 g/mol. The zero-order chi connectivity index (χ0) is 23.7. The van der Waals surface area contributed by atoms with E-state index in [4.69, 9.17) is 25.7 Å². The van der Waals surface area contributed by atoms with Crippen molar-refractivity contribution in [1.29, 1.82) is 0 Å². The third-order valence-corrected chi connectivity index (χ3v) is 4.26. The van der Waals surface area contributed by atoms with Gasteiger partial charge in [-0.15, -0.1) is 6.42 Å². The number of hydrogen-bond acceptors (Lipinski definition) is 5. The summed E-state index contributed by atoms with van der Waals surface area (Å²) in [6.07, 6.45) is 3.70. The number of halogens is 4. The molecule has 0 amide bonds. The fourth-order valence-electron chi connectivity index (χ4n) is 2.70. The zero-order valence-corrected chi connectivity index (χ0v) is 17.4. The fourth-order valence-corrected chi connectivity index (χ4v) is 2.70. The lowest BCUT2D eigenvalue weighted by molar-refractivity contribution is 0.0211. The second-order valence-electron chi connectivity index (χ2n) is 7.24. The molecule has 2 aromatic carbocycles. The number of rotatable bonds is 12. The van der Waals surface area contributed by atoms with E-state index in [9.17, 15) is 22.7 Å². The minimum Gasteiger partial charge on any atom is -0.487 e. The van der Waals surface area contributed by atoms with Gasteiger partial charge in [-0.3, -0.25) is 0 Å². The average molecular weight is 456 g/mol. The fraction of sp³-hybridized carbons (Fsp3) is 0.391. The highest BCUT2D eigenvalue weighted by Crippen LogP contribution is 2.28. The van der Waals surface area contributed by atoms with Crippen LogP contribution in [0.15, 0.2) is 24.3 Å². The van der Waals surface area contributed by atoms with Gasteiger partial charge in [0.25, 0.3) is 0 Å². The first-order valence-electron chi connectivity index (χ1n) is 9.76. The van der Waals surface area contributed by atoms with E-state index in [2.05, 4.69) is 5.92 Å². The molecule has 0 bridgehead atoms. The summed E-state index contributed by atoms with van der Waals surface area (Å²) in [5.74, 6) is -3.37. The standard InChI is InChI=1S/C23H24F4O5/c1-3-4-30-12-17(29)13-32-23-20(26)8-16(9-21(23)27)5-15-6-18(24)22(19(25)7-15)31-11-14(2)10-28/h1,6-9,14,17,28-29H,4-5,10-13H2,2H3. The summed E-state index contributed by atoms with van der Waals surface area (Å²) in [5.41, 5.74) is 0.253. The van der Waals surface area contributed by atoms with Crippen molar-refractivity contribution >= 4 is 0 Å². The maximum atomic E-state index is 14.3. The minimum absolute atomic E-state index is 0.0233. The third kappa shape index (κ3) is 7.41. The van der Waals surface area contributed by atoms with Crippen LogP contribution in [0.1, 0.15) is 18.1 Å². The van der Waals surface area contributed by atoms with E-state index in [0.29, 0.717) is 0 Å². The molecular weight excluding hydrogens is 432 g/mol. The van der Waals surface area contributed by atoms with Gasteiger partial charge in [0.05, 0.1) is 13.2 Å². The Bertz CT molecular complexity index is 898. The van der Waals surface area contributed by atoms with Crippen molar-refractivity contribution in [3.63, 3.8) is 0 Å². The van der Waals surface area contributed by atoms with Crippen molar-refractivity contribution in [3.8, 4) is 23.8 Å². The van der Waals surface area contributed by atoms with Crippen LogP contribution in [-0.2, 0) is 11.2 Å². The molecule has 174 valence electrons. The maximum absolute atomic E-state index is 14.3. The predicted octanol–water partition coefficient (Wildman–Crippen LogP) is 3.23. The van der Waals surface area contributed by atoms with Crippen LogP contribution in [0.5, 0.6) is 11.5 Å². The second kappa shape index (κ2) is 12.3. The predicted molar refractivity (Wildman–Crippen MR) is 108 cm³/mol. The molecule has 2 unspecified atom stereocenters. The van der Waals surface area contributed by atoms with Crippen molar-refractivity contribution in [2.24, 2.45) is 5.92 Å². The van der Waals surface area contributed by atoms with Crippen molar-refractivity contribution in [2.45, 2.75) is 19.4 Å². The van der Waals surface area contributed by atoms with Gasteiger partial charge in [-0.25, -0.2) is 17.6 Å². The molecule has 0 heterocycles. The molecule has 2 atom stereocenters. The second-order valence-corrected chi connectivity index (χ2v) is 7.24. The Morgan fingerprint density at radius 2 is 1.34 bits per heavy atom. The Hall–Kier alpha value is -2.80. The van der Waals surface area contributed by atoms with Gasteiger partial charge >= 0.3 is 0 Å². The first-order valence-corrected chi connectivity index (χ1v) is 9.76. The van der Waals surface area contributed by atoms with E-state index in [1.807, 2.05) is 0 Å². The Kier molecular flexibility index (Phi) is 9.78. The van der Waals surface area contributed by atoms with Crippen LogP contribution in [-0.4, -0.2) is 49.4 Å². The molecule has 0 aliphatic heterocycles. The number of benzene rings is 2. The van der Waals surface area contributed by atoms with Crippen molar-refractivity contribution in [1.82, 2.24) is 0 Å². The van der Waals surface area contributed by atoms with Crippen LogP contribution in [0.25, 0.3) is 0 Å². The summed E-state index contributed by atoms with van der Waals surface area (Å²) in [4.78, 5) is 0. The van der Waals surface area contributed by atoms with Gasteiger partial charge in [-0.1, -0.05) is 12.8 Å². The number of terminal acetylenes is 1. The quantitative estimate of drug-likeness (QED) is 0.292. The summed E-state index contributed by atoms with van der Waals surface area (Å²) >= 11 is 0. The van der Waals surface area contributed by atoms with Gasteiger partial charge in [0.15, 0.2) is 34.8 Å². The SMILES string of the molecule is C#CCOCC(O)COc1c(F)cc(Cc2cc(F)c(OCC(C)CO)c(F)c2)cc1F. The van der Waals surface area contributed by atoms with Gasteiger partial charge in [0.2, 0.25) is 0 Å². The van der Waals surface area contributed by atoms with Crippen LogP contribution in [0.4, 0.5) is 17.6 Å². The van der Waals surface area contributed by atoms with E-state index >= 15 is 0 Å². The highest BCUT2D eigenvalue weighted by Gasteiger charge is 2.18. The molecule has 0 saturated carbocycles. The van der Waals surface area contributed by atoms with E-state index in [0.717, 1.165) is 24.3 Å². The molecule has 0 spiro atoms. The van der Waals surface area contributed by atoms with Crippen LogP contribution in [0.2, 0.25) is 0 Å². The maximum Gasteiger partial charge on any atom is 0.190 e. The Balaban J connectivity index is 2.06. The topological polar surface area (TPSA) is 68.2 Å². The van der Waals surface area contributed by atoms with Gasteiger partial charge in [0, 0.05) is 12.5 Å². The normalized spacial score (nSPS) is 12.8. The van der Waals surface area contributed by atoms with Gasteiger partial charge in [-0.2, -0.15) is 0 Å². The van der Waals surface area contributed by atoms with Crippen LogP contribution >= 0.6 is 0 Å². The molecular formula is C23H24F4O5. The molecule has 2 rings (SSSR count). The summed E-state index contributed by atoms with van der Waals surface area (Å²) in [5, 5.41) is 18.6. The lowest BCUT2D eigenvalue weighted by Gasteiger charge is -2.14. The van der Waals surface area contributed by atoms with Gasteiger partial charge in [-0.05, 0) is 41.8 Å². The average Bonchev–Trinajstić information content (AvgIpc) is 2.72. The molecule has 2 N–H and O–H groups in total. The first-order chi connectivity index (χ1) is 15.2. The Morgan fingerprint density at radius 3 is 1.78 bits per heavy atom. The third-order valence-electron chi connectivity index (χ3n) is 4.26. The molecule has 2 aromatic rings. The molecule has 32 heavy (non-hydrogen) atoms. The van der Waals surface area contributed by atoms with E-state index in [-0.39, 0.29) is 49.9 Å². The smallest absolute Gasteiger partial charge is 0.190 e. The van der Waals surface area contributed by atoms with E-state index in [1.54, 1.807) is 6.92 Å². The summed E-state index contributed by atoms with van der Waals surface area (Å²) in [6.45, 7) is 0.758. The highest BCUT2D eigenvalue weighted by atomic mass is 19.1. The van der Waals surface area contributed by atoms with E-state index < -0.39 is 47.5 Å². The zero-order valence-electron chi connectivity index (χ0n) is 17.4. The van der Waals surface area contributed by atoms with Gasteiger partial charge < -0.3 is 24.4 Å². The van der Waals surface area contributed by atoms with Crippen molar-refractivity contribution in [3.05, 3.63) is 58.7 Å². The Labute approximate surface area is 183 Å². The number of ether oxygens (including phenoxy) is 3. The van der Waals surface area contributed by atoms with E-state index in [1.165, 1.54) is 0 Å². The molecule has 0 aromatic heterocycles. The lowest BCUT2D eigenvalue weighted by Crippen LogP contribution is -2.24. The largest absolute Gasteiger partial charge is 0.487 e. The molecule has 0 aliphatic carbocycles. The highest BCUT2D eigenvalue weighted by molar-refractivity contribution is 5.37. The number of aliphatic hydroxyl groups excluding tert-OH is 2. The first kappa shape index (κ1) is 25.5. The van der Waals surface area contributed by atoms with Crippen LogP contribution in [0.3, 0.4) is 0 Å². The molecule has 9 heteroatoms. The van der Waals surface area contributed by atoms with Crippen molar-refractivity contribution < 1.29 is 42.0 Å². The number of hydrogen-bond donors (Lipinski definition) is 2. The van der Waals surface area contributed by atoms with Crippen LogP contribution in [0, 0.1) is 41.5 Å². The molecule has 0 aliphatic rings. The van der Waals surface area contributed by atoms with Gasteiger partial charge in [0.1, 0.15) is 19.3 Å². The number of aliphatic hydroxyl groups is 2. The summed E-state index contributed by atoms with van der Waals surface area (Å²) in [7, 11) is 0. The van der Waals surface area contributed by atoms with Crippen molar-refractivity contribution in [2.75, 3.05) is 33.0 Å². The molecule has 0 saturated heterocycles. The molecule has 0 fully saturated rings.